The van der Waals surface area contributed by atoms with Gasteiger partial charge in [-0.15, -0.1) is 0 Å². The van der Waals surface area contributed by atoms with Crippen molar-refractivity contribution in [2.45, 2.75) is 33.7 Å². The van der Waals surface area contributed by atoms with Crippen LogP contribution in [0.15, 0.2) is 16.5 Å². The molecule has 0 aliphatic heterocycles. The number of hydrazine groups is 1. The minimum atomic E-state index is -0.451. The smallest absolute Gasteiger partial charge is 0.305 e. The third-order valence-electron chi connectivity index (χ3n) is 2.80. The minimum absolute atomic E-state index is 0.193. The van der Waals surface area contributed by atoms with E-state index in [-0.39, 0.29) is 11.7 Å². The van der Waals surface area contributed by atoms with E-state index >= 15 is 0 Å². The van der Waals surface area contributed by atoms with Crippen molar-refractivity contribution < 1.29 is 14.0 Å². The van der Waals surface area contributed by atoms with Crippen LogP contribution in [0.1, 0.15) is 43.5 Å². The van der Waals surface area contributed by atoms with Crippen LogP contribution in [0, 0.1) is 0 Å². The van der Waals surface area contributed by atoms with Crippen LogP contribution in [-0.2, 0) is 11.3 Å². The zero-order valence-electron chi connectivity index (χ0n) is 11.7. The van der Waals surface area contributed by atoms with Crippen molar-refractivity contribution in [1.29, 1.82) is 0 Å². The molecule has 2 amide bonds. The summed E-state index contributed by atoms with van der Waals surface area (Å²) in [5, 5.41) is 0. The van der Waals surface area contributed by atoms with E-state index in [4.69, 9.17) is 4.42 Å². The van der Waals surface area contributed by atoms with Crippen LogP contribution in [-0.4, -0.2) is 29.8 Å². The topological polar surface area (TPSA) is 74.6 Å². The number of nitrogens with zero attached hydrogens (tertiary/aromatic N) is 1. The maximum Gasteiger partial charge on any atom is 0.305 e. The molecule has 0 spiro atoms. The summed E-state index contributed by atoms with van der Waals surface area (Å²) in [6.07, 6.45) is 0.311. The highest BCUT2D eigenvalue weighted by Gasteiger charge is 2.12. The summed E-state index contributed by atoms with van der Waals surface area (Å²) >= 11 is 0. The van der Waals surface area contributed by atoms with Crippen molar-refractivity contribution in [3.8, 4) is 0 Å². The SMILES string of the molecule is CCC(=O)NNC(=O)c1ccc(CN(CC)CC)o1. The van der Waals surface area contributed by atoms with Gasteiger partial charge < -0.3 is 4.42 Å². The van der Waals surface area contributed by atoms with Crippen molar-refractivity contribution in [1.82, 2.24) is 15.8 Å². The molecule has 6 nitrogen and oxygen atoms in total. The lowest BCUT2D eigenvalue weighted by atomic mass is 10.4. The lowest BCUT2D eigenvalue weighted by Gasteiger charge is -2.15. The first-order chi connectivity index (χ1) is 9.10. The van der Waals surface area contributed by atoms with Gasteiger partial charge in [-0.1, -0.05) is 20.8 Å². The number of carbonyl (C=O) groups is 2. The molecule has 0 fully saturated rings. The third-order valence-corrected chi connectivity index (χ3v) is 2.80. The second-order valence-corrected chi connectivity index (χ2v) is 4.08. The van der Waals surface area contributed by atoms with Crippen LogP contribution in [0.2, 0.25) is 0 Å². The molecule has 106 valence electrons. The summed E-state index contributed by atoms with van der Waals surface area (Å²) < 4.78 is 5.44. The molecule has 0 radical (unpaired) electrons. The summed E-state index contributed by atoms with van der Waals surface area (Å²) in [7, 11) is 0. The Kier molecular flexibility index (Phi) is 6.08. The summed E-state index contributed by atoms with van der Waals surface area (Å²) in [6, 6.07) is 3.38. The molecular formula is C13H21N3O3. The molecule has 0 aliphatic carbocycles. The van der Waals surface area contributed by atoms with Gasteiger partial charge in [-0.05, 0) is 25.2 Å². The van der Waals surface area contributed by atoms with Gasteiger partial charge in [0, 0.05) is 6.42 Å². The van der Waals surface area contributed by atoms with Crippen LogP contribution >= 0.6 is 0 Å². The molecule has 0 atom stereocenters. The molecule has 6 heteroatoms. The third kappa shape index (κ3) is 4.75. The van der Waals surface area contributed by atoms with E-state index in [9.17, 15) is 9.59 Å². The number of hydrogen-bond donors (Lipinski definition) is 2. The van der Waals surface area contributed by atoms with Crippen LogP contribution < -0.4 is 10.9 Å². The van der Waals surface area contributed by atoms with Gasteiger partial charge >= 0.3 is 5.91 Å². The molecule has 0 aliphatic rings. The standard InChI is InChI=1S/C13H21N3O3/c1-4-12(17)14-15-13(18)11-8-7-10(19-11)9-16(5-2)6-3/h7-8H,4-6,9H2,1-3H3,(H,14,17)(H,15,18). The fourth-order valence-corrected chi connectivity index (χ4v) is 1.53. The van der Waals surface area contributed by atoms with Gasteiger partial charge in [-0.3, -0.25) is 25.3 Å². The monoisotopic (exact) mass is 267 g/mol. The van der Waals surface area contributed by atoms with Crippen LogP contribution in [0.4, 0.5) is 0 Å². The molecular weight excluding hydrogens is 246 g/mol. The van der Waals surface area contributed by atoms with Crippen molar-refractivity contribution >= 4 is 11.8 Å². The van der Waals surface area contributed by atoms with Crippen molar-refractivity contribution in [2.75, 3.05) is 13.1 Å². The Morgan fingerprint density at radius 3 is 2.42 bits per heavy atom. The first kappa shape index (κ1) is 15.2. The second kappa shape index (κ2) is 7.58. The lowest BCUT2D eigenvalue weighted by molar-refractivity contribution is -0.121. The molecule has 1 aromatic rings. The molecule has 1 aromatic heterocycles. The van der Waals surface area contributed by atoms with Crippen molar-refractivity contribution in [2.24, 2.45) is 0 Å². The Bertz CT molecular complexity index is 425. The van der Waals surface area contributed by atoms with Gasteiger partial charge in [-0.25, -0.2) is 0 Å². The summed E-state index contributed by atoms with van der Waals surface area (Å²) in [4.78, 5) is 24.9. The first-order valence-corrected chi connectivity index (χ1v) is 6.50. The van der Waals surface area contributed by atoms with E-state index < -0.39 is 5.91 Å². The zero-order valence-corrected chi connectivity index (χ0v) is 11.7. The molecule has 0 aromatic carbocycles. The number of hydrogen-bond acceptors (Lipinski definition) is 4. The van der Waals surface area contributed by atoms with Crippen LogP contribution in [0.5, 0.6) is 0 Å². The Labute approximate surface area is 113 Å². The summed E-state index contributed by atoms with van der Waals surface area (Å²) in [5.74, 6) is 0.227. The molecule has 2 N–H and O–H groups in total. The van der Waals surface area contributed by atoms with Crippen LogP contribution in [0.25, 0.3) is 0 Å². The maximum absolute atomic E-state index is 11.7. The first-order valence-electron chi connectivity index (χ1n) is 6.50. The fraction of sp³-hybridized carbons (Fsp3) is 0.538. The minimum Gasteiger partial charge on any atom is -0.454 e. The normalized spacial score (nSPS) is 10.5. The van der Waals surface area contributed by atoms with Gasteiger partial charge in [0.05, 0.1) is 6.54 Å². The largest absolute Gasteiger partial charge is 0.454 e. The number of amides is 2. The molecule has 19 heavy (non-hydrogen) atoms. The number of carbonyl (C=O) groups excluding carboxylic acids is 2. The highest BCUT2D eigenvalue weighted by Crippen LogP contribution is 2.10. The van der Waals surface area contributed by atoms with Gasteiger partial charge in [0.1, 0.15) is 5.76 Å². The van der Waals surface area contributed by atoms with Gasteiger partial charge in [-0.2, -0.15) is 0 Å². The van der Waals surface area contributed by atoms with Gasteiger partial charge in [0.25, 0.3) is 0 Å². The van der Waals surface area contributed by atoms with E-state index in [1.54, 1.807) is 19.1 Å². The van der Waals surface area contributed by atoms with E-state index in [1.807, 2.05) is 0 Å². The Morgan fingerprint density at radius 1 is 1.16 bits per heavy atom. The predicted octanol–water partition coefficient (Wildman–Crippen LogP) is 1.29. The van der Waals surface area contributed by atoms with Gasteiger partial charge in [0.15, 0.2) is 5.76 Å². The molecule has 0 unspecified atom stereocenters. The Morgan fingerprint density at radius 2 is 1.84 bits per heavy atom. The van der Waals surface area contributed by atoms with E-state index in [1.165, 1.54) is 0 Å². The van der Waals surface area contributed by atoms with E-state index in [0.29, 0.717) is 13.0 Å². The highest BCUT2D eigenvalue weighted by atomic mass is 16.4. The van der Waals surface area contributed by atoms with E-state index in [0.717, 1.165) is 18.8 Å². The maximum atomic E-state index is 11.7. The van der Waals surface area contributed by atoms with Crippen LogP contribution in [0.3, 0.4) is 0 Å². The molecule has 0 bridgehead atoms. The molecule has 1 heterocycles. The fourth-order valence-electron chi connectivity index (χ4n) is 1.53. The highest BCUT2D eigenvalue weighted by molar-refractivity contribution is 5.92. The summed E-state index contributed by atoms with van der Waals surface area (Å²) in [6.45, 7) is 8.36. The zero-order chi connectivity index (χ0) is 14.3. The number of furan rings is 1. The van der Waals surface area contributed by atoms with Gasteiger partial charge in [0.2, 0.25) is 5.91 Å². The lowest BCUT2D eigenvalue weighted by Crippen LogP contribution is -2.41. The average Bonchev–Trinajstić information content (AvgIpc) is 2.90. The predicted molar refractivity (Wildman–Crippen MR) is 71.2 cm³/mol. The number of nitrogens with one attached hydrogen (secondary N) is 2. The van der Waals surface area contributed by atoms with E-state index in [2.05, 4.69) is 29.6 Å². The number of rotatable bonds is 6. The average molecular weight is 267 g/mol. The Hall–Kier alpha value is -1.82. The summed E-state index contributed by atoms with van der Waals surface area (Å²) in [5.41, 5.74) is 4.59. The van der Waals surface area contributed by atoms with Crippen molar-refractivity contribution in [3.05, 3.63) is 23.7 Å². The molecule has 0 saturated heterocycles. The Balaban J connectivity index is 2.53. The van der Waals surface area contributed by atoms with Crippen molar-refractivity contribution in [3.63, 3.8) is 0 Å². The quantitative estimate of drug-likeness (QED) is 0.762. The second-order valence-electron chi connectivity index (χ2n) is 4.08. The molecule has 0 saturated carbocycles. The molecule has 1 rings (SSSR count).